The molecule has 0 spiro atoms. The van der Waals surface area contributed by atoms with Gasteiger partial charge in [-0.05, 0) is 32.7 Å². The minimum atomic E-state index is 0.499. The fourth-order valence-corrected chi connectivity index (χ4v) is 2.79. The van der Waals surface area contributed by atoms with Crippen LogP contribution < -0.4 is 10.6 Å². The zero-order valence-corrected chi connectivity index (χ0v) is 11.2. The zero-order chi connectivity index (χ0) is 12.8. The standard InChI is InChI=1S/C14H19N5/c1-9-6-13(17-11-4-5-15-8-11)19-14(16-9)7-12(18-19)10-2-3-10/h6-7,10-11,15,17H,2-5,8H2,1H3. The molecule has 5 heteroatoms. The highest BCUT2D eigenvalue weighted by Gasteiger charge is 2.27. The lowest BCUT2D eigenvalue weighted by atomic mass is 10.2. The molecule has 0 amide bonds. The molecule has 0 radical (unpaired) electrons. The molecule has 0 aromatic carbocycles. The molecule has 2 N–H and O–H groups in total. The molecule has 19 heavy (non-hydrogen) atoms. The molecule has 5 nitrogen and oxygen atoms in total. The summed E-state index contributed by atoms with van der Waals surface area (Å²) in [5.74, 6) is 1.74. The maximum atomic E-state index is 4.73. The number of fused-ring (bicyclic) bond motifs is 1. The van der Waals surface area contributed by atoms with Crippen LogP contribution in [-0.4, -0.2) is 33.7 Å². The van der Waals surface area contributed by atoms with Crippen molar-refractivity contribution in [2.75, 3.05) is 18.4 Å². The first-order chi connectivity index (χ1) is 9.29. The average molecular weight is 257 g/mol. The van der Waals surface area contributed by atoms with E-state index in [4.69, 9.17) is 5.10 Å². The van der Waals surface area contributed by atoms with Crippen LogP contribution in [0.2, 0.25) is 0 Å². The SMILES string of the molecule is Cc1cc(NC2CCNC2)n2nc(C3CC3)cc2n1. The molecule has 2 aliphatic rings. The predicted octanol–water partition coefficient (Wildman–Crippen LogP) is 1.69. The minimum absolute atomic E-state index is 0.499. The first-order valence-corrected chi connectivity index (χ1v) is 7.14. The number of anilines is 1. The molecular weight excluding hydrogens is 238 g/mol. The maximum Gasteiger partial charge on any atom is 0.157 e. The van der Waals surface area contributed by atoms with Crippen LogP contribution in [-0.2, 0) is 0 Å². The van der Waals surface area contributed by atoms with Crippen LogP contribution in [0.1, 0.15) is 36.6 Å². The second kappa shape index (κ2) is 4.20. The number of hydrogen-bond donors (Lipinski definition) is 2. The molecule has 1 saturated carbocycles. The lowest BCUT2D eigenvalue weighted by Crippen LogP contribution is -2.23. The highest BCUT2D eigenvalue weighted by atomic mass is 15.3. The number of hydrogen-bond acceptors (Lipinski definition) is 4. The Bertz CT molecular complexity index is 608. The summed E-state index contributed by atoms with van der Waals surface area (Å²) in [6, 6.07) is 4.73. The summed E-state index contributed by atoms with van der Waals surface area (Å²) in [5.41, 5.74) is 3.21. The lowest BCUT2D eigenvalue weighted by Gasteiger charge is -2.14. The van der Waals surface area contributed by atoms with Gasteiger partial charge in [-0.25, -0.2) is 4.98 Å². The van der Waals surface area contributed by atoms with E-state index in [0.29, 0.717) is 12.0 Å². The van der Waals surface area contributed by atoms with Crippen molar-refractivity contribution < 1.29 is 0 Å². The van der Waals surface area contributed by atoms with Crippen molar-refractivity contribution in [3.8, 4) is 0 Å². The van der Waals surface area contributed by atoms with Crippen molar-refractivity contribution in [1.82, 2.24) is 19.9 Å². The zero-order valence-electron chi connectivity index (χ0n) is 11.2. The van der Waals surface area contributed by atoms with E-state index >= 15 is 0 Å². The van der Waals surface area contributed by atoms with E-state index in [9.17, 15) is 0 Å². The maximum absolute atomic E-state index is 4.73. The van der Waals surface area contributed by atoms with Crippen LogP contribution in [0.15, 0.2) is 12.1 Å². The van der Waals surface area contributed by atoms with Gasteiger partial charge in [0.25, 0.3) is 0 Å². The third-order valence-electron chi connectivity index (χ3n) is 3.98. The van der Waals surface area contributed by atoms with Gasteiger partial charge in [0.1, 0.15) is 5.82 Å². The van der Waals surface area contributed by atoms with Gasteiger partial charge < -0.3 is 10.6 Å². The summed E-state index contributed by atoms with van der Waals surface area (Å²) in [6.45, 7) is 4.17. The van der Waals surface area contributed by atoms with Gasteiger partial charge >= 0.3 is 0 Å². The van der Waals surface area contributed by atoms with E-state index in [-0.39, 0.29) is 0 Å². The molecule has 1 aliphatic heterocycles. The normalized spacial score (nSPS) is 23.1. The first kappa shape index (κ1) is 11.2. The van der Waals surface area contributed by atoms with Crippen LogP contribution in [0.3, 0.4) is 0 Å². The van der Waals surface area contributed by atoms with Crippen molar-refractivity contribution >= 4 is 11.5 Å². The Morgan fingerprint density at radius 3 is 2.95 bits per heavy atom. The Morgan fingerprint density at radius 1 is 1.32 bits per heavy atom. The van der Waals surface area contributed by atoms with E-state index < -0.39 is 0 Å². The molecule has 1 unspecified atom stereocenters. The second-order valence-corrected chi connectivity index (χ2v) is 5.73. The molecule has 4 rings (SSSR count). The van der Waals surface area contributed by atoms with Gasteiger partial charge in [0.05, 0.1) is 5.69 Å². The molecule has 0 bridgehead atoms. The second-order valence-electron chi connectivity index (χ2n) is 5.73. The van der Waals surface area contributed by atoms with Gasteiger partial charge in [-0.15, -0.1) is 0 Å². The molecule has 1 atom stereocenters. The summed E-state index contributed by atoms with van der Waals surface area (Å²) < 4.78 is 1.97. The summed E-state index contributed by atoms with van der Waals surface area (Å²) >= 11 is 0. The molecule has 3 heterocycles. The topological polar surface area (TPSA) is 54.2 Å². The Hall–Kier alpha value is -1.62. The van der Waals surface area contributed by atoms with Crippen molar-refractivity contribution in [1.29, 1.82) is 0 Å². The monoisotopic (exact) mass is 257 g/mol. The highest BCUT2D eigenvalue weighted by molar-refractivity contribution is 5.51. The summed E-state index contributed by atoms with van der Waals surface area (Å²) in [5, 5.41) is 11.7. The highest BCUT2D eigenvalue weighted by Crippen LogP contribution is 2.39. The van der Waals surface area contributed by atoms with Gasteiger partial charge in [-0.1, -0.05) is 0 Å². The Balaban J connectivity index is 1.74. The van der Waals surface area contributed by atoms with Crippen LogP contribution in [0, 0.1) is 6.92 Å². The molecule has 100 valence electrons. The van der Waals surface area contributed by atoms with Gasteiger partial charge in [-0.3, -0.25) is 0 Å². The Kier molecular flexibility index (Phi) is 2.48. The van der Waals surface area contributed by atoms with Crippen LogP contribution in [0.25, 0.3) is 5.65 Å². The van der Waals surface area contributed by atoms with Crippen LogP contribution >= 0.6 is 0 Å². The van der Waals surface area contributed by atoms with Gasteiger partial charge in [0.15, 0.2) is 5.65 Å². The van der Waals surface area contributed by atoms with E-state index in [2.05, 4.69) is 27.8 Å². The first-order valence-electron chi connectivity index (χ1n) is 7.14. The van der Waals surface area contributed by atoms with Crippen LogP contribution in [0.4, 0.5) is 5.82 Å². The van der Waals surface area contributed by atoms with Crippen LogP contribution in [0.5, 0.6) is 0 Å². The quantitative estimate of drug-likeness (QED) is 0.878. The molecule has 2 aromatic rings. The number of aromatic nitrogens is 3. The summed E-state index contributed by atoms with van der Waals surface area (Å²) in [7, 11) is 0. The van der Waals surface area contributed by atoms with Crippen molar-refractivity contribution in [2.24, 2.45) is 0 Å². The number of nitrogens with one attached hydrogen (secondary N) is 2. The smallest absolute Gasteiger partial charge is 0.157 e. The summed E-state index contributed by atoms with van der Waals surface area (Å²) in [4.78, 5) is 4.59. The fourth-order valence-electron chi connectivity index (χ4n) is 2.79. The number of nitrogens with zero attached hydrogens (tertiary/aromatic N) is 3. The molecule has 2 aromatic heterocycles. The van der Waals surface area contributed by atoms with E-state index in [0.717, 1.165) is 30.2 Å². The third kappa shape index (κ3) is 2.08. The van der Waals surface area contributed by atoms with E-state index in [1.165, 1.54) is 25.0 Å². The minimum Gasteiger partial charge on any atom is -0.366 e. The lowest BCUT2D eigenvalue weighted by molar-refractivity contribution is 0.770. The molecule has 2 fully saturated rings. The predicted molar refractivity (Wildman–Crippen MR) is 74.6 cm³/mol. The van der Waals surface area contributed by atoms with Gasteiger partial charge in [0.2, 0.25) is 0 Å². The number of aryl methyl sites for hydroxylation is 1. The number of rotatable bonds is 3. The summed E-state index contributed by atoms with van der Waals surface area (Å²) in [6.07, 6.45) is 3.72. The Morgan fingerprint density at radius 2 is 2.21 bits per heavy atom. The largest absolute Gasteiger partial charge is 0.366 e. The van der Waals surface area contributed by atoms with Crippen molar-refractivity contribution in [3.63, 3.8) is 0 Å². The molecular formula is C14H19N5. The van der Waals surface area contributed by atoms with E-state index in [1.807, 2.05) is 11.4 Å². The van der Waals surface area contributed by atoms with Crippen molar-refractivity contribution in [3.05, 3.63) is 23.5 Å². The average Bonchev–Trinajstić information content (AvgIpc) is 2.94. The van der Waals surface area contributed by atoms with E-state index in [1.54, 1.807) is 0 Å². The fraction of sp³-hybridized carbons (Fsp3) is 0.571. The van der Waals surface area contributed by atoms with Crippen molar-refractivity contribution in [2.45, 2.75) is 38.1 Å². The van der Waals surface area contributed by atoms with Gasteiger partial charge in [-0.2, -0.15) is 9.61 Å². The molecule has 1 aliphatic carbocycles. The van der Waals surface area contributed by atoms with Gasteiger partial charge in [0, 0.05) is 36.3 Å². The third-order valence-corrected chi connectivity index (χ3v) is 3.98. The Labute approximate surface area is 112 Å². The molecule has 1 saturated heterocycles.